The number of pyridine rings is 1. The topological polar surface area (TPSA) is 47.5 Å². The normalized spacial score (nSPS) is 21.1. The number of fused-ring (bicyclic) bond motifs is 1. The summed E-state index contributed by atoms with van der Waals surface area (Å²) >= 11 is 1.63. The third-order valence-corrected chi connectivity index (χ3v) is 5.57. The van der Waals surface area contributed by atoms with Crippen LogP contribution in [0.15, 0.2) is 24.0 Å². The smallest absolute Gasteiger partial charge is 0.118 e. The van der Waals surface area contributed by atoms with Gasteiger partial charge >= 0.3 is 0 Å². The molecule has 0 saturated carbocycles. The van der Waals surface area contributed by atoms with Gasteiger partial charge in [-0.3, -0.25) is 9.88 Å². The molecule has 4 rings (SSSR count). The third-order valence-electron chi connectivity index (χ3n) is 4.81. The number of rotatable bonds is 6. The van der Waals surface area contributed by atoms with Crippen molar-refractivity contribution in [3.05, 3.63) is 45.7 Å². The minimum atomic E-state index is 0.579. The van der Waals surface area contributed by atoms with E-state index >= 15 is 0 Å². The van der Waals surface area contributed by atoms with Crippen LogP contribution in [0.1, 0.15) is 28.1 Å². The quantitative estimate of drug-likeness (QED) is 0.805. The molecule has 2 aliphatic heterocycles. The second-order valence-electron chi connectivity index (χ2n) is 6.57. The second kappa shape index (κ2) is 7.70. The van der Waals surface area contributed by atoms with E-state index in [4.69, 9.17) is 9.47 Å². The van der Waals surface area contributed by atoms with Crippen LogP contribution in [0.3, 0.4) is 0 Å². The average molecular weight is 345 g/mol. The Hall–Kier alpha value is -1.34. The van der Waals surface area contributed by atoms with Crippen molar-refractivity contribution in [3.8, 4) is 0 Å². The number of aromatic nitrogens is 2. The van der Waals surface area contributed by atoms with E-state index in [9.17, 15) is 0 Å². The van der Waals surface area contributed by atoms with Crippen molar-refractivity contribution in [2.24, 2.45) is 5.92 Å². The lowest BCUT2D eigenvalue weighted by Crippen LogP contribution is -2.35. The van der Waals surface area contributed by atoms with E-state index in [1.54, 1.807) is 11.3 Å². The predicted octanol–water partition coefficient (Wildman–Crippen LogP) is 2.65. The van der Waals surface area contributed by atoms with Gasteiger partial charge in [0, 0.05) is 50.2 Å². The molecule has 0 bridgehead atoms. The standard InChI is InChI=1S/C18H23N3O2S/c1-4-21(9-14-2-5-22-11-14)10-15-7-19-8-16(17(1)15)12-23-13-18-20-3-6-24-18/h3,6-8,14H,1-2,4-5,9-13H2/t14-/m0/s1. The van der Waals surface area contributed by atoms with E-state index in [1.165, 1.54) is 23.1 Å². The summed E-state index contributed by atoms with van der Waals surface area (Å²) < 4.78 is 11.3. The molecular formula is C18H23N3O2S. The fourth-order valence-electron chi connectivity index (χ4n) is 3.57. The van der Waals surface area contributed by atoms with Crippen LogP contribution in [0, 0.1) is 5.92 Å². The van der Waals surface area contributed by atoms with E-state index in [2.05, 4.69) is 14.9 Å². The van der Waals surface area contributed by atoms with Crippen LogP contribution in [0.25, 0.3) is 0 Å². The third kappa shape index (κ3) is 3.83. The molecule has 2 aromatic rings. The molecular weight excluding hydrogens is 322 g/mol. The van der Waals surface area contributed by atoms with Gasteiger partial charge in [-0.25, -0.2) is 4.98 Å². The average Bonchev–Trinajstić information content (AvgIpc) is 3.29. The van der Waals surface area contributed by atoms with Gasteiger partial charge in [0.25, 0.3) is 0 Å². The summed E-state index contributed by atoms with van der Waals surface area (Å²) in [5.74, 6) is 0.698. The van der Waals surface area contributed by atoms with Crippen LogP contribution in [-0.2, 0) is 35.7 Å². The molecule has 24 heavy (non-hydrogen) atoms. The zero-order valence-electron chi connectivity index (χ0n) is 13.8. The zero-order valence-corrected chi connectivity index (χ0v) is 14.6. The predicted molar refractivity (Wildman–Crippen MR) is 92.8 cm³/mol. The van der Waals surface area contributed by atoms with Crippen molar-refractivity contribution in [1.29, 1.82) is 0 Å². The van der Waals surface area contributed by atoms with Crippen LogP contribution in [0.4, 0.5) is 0 Å². The highest BCUT2D eigenvalue weighted by atomic mass is 32.1. The Morgan fingerprint density at radius 1 is 1.33 bits per heavy atom. The first-order valence-corrected chi connectivity index (χ1v) is 9.47. The Balaban J connectivity index is 1.36. The van der Waals surface area contributed by atoms with Crippen LogP contribution in [0.5, 0.6) is 0 Å². The Labute approximate surface area is 146 Å². The first-order chi connectivity index (χ1) is 11.9. The molecule has 6 heteroatoms. The lowest BCUT2D eigenvalue weighted by molar-refractivity contribution is 0.105. The summed E-state index contributed by atoms with van der Waals surface area (Å²) in [7, 11) is 0. The van der Waals surface area contributed by atoms with Crippen LogP contribution < -0.4 is 0 Å². The highest BCUT2D eigenvalue weighted by molar-refractivity contribution is 7.09. The maximum absolute atomic E-state index is 5.84. The molecule has 4 heterocycles. The van der Waals surface area contributed by atoms with Gasteiger partial charge in [-0.1, -0.05) is 0 Å². The molecule has 0 spiro atoms. The zero-order chi connectivity index (χ0) is 16.2. The van der Waals surface area contributed by atoms with Crippen molar-refractivity contribution in [2.45, 2.75) is 32.6 Å². The molecule has 0 unspecified atom stereocenters. The minimum Gasteiger partial charge on any atom is -0.381 e. The molecule has 0 aliphatic carbocycles. The van der Waals surface area contributed by atoms with E-state index in [0.717, 1.165) is 44.3 Å². The molecule has 5 nitrogen and oxygen atoms in total. The largest absolute Gasteiger partial charge is 0.381 e. The monoisotopic (exact) mass is 345 g/mol. The highest BCUT2D eigenvalue weighted by Crippen LogP contribution is 2.24. The highest BCUT2D eigenvalue weighted by Gasteiger charge is 2.23. The minimum absolute atomic E-state index is 0.579. The Morgan fingerprint density at radius 2 is 2.33 bits per heavy atom. The van der Waals surface area contributed by atoms with E-state index in [0.29, 0.717) is 19.1 Å². The Morgan fingerprint density at radius 3 is 3.17 bits per heavy atom. The number of thiazole rings is 1. The van der Waals surface area contributed by atoms with Crippen LogP contribution in [0.2, 0.25) is 0 Å². The molecule has 0 radical (unpaired) electrons. The summed E-state index contributed by atoms with van der Waals surface area (Å²) in [5, 5.41) is 3.01. The molecule has 128 valence electrons. The van der Waals surface area contributed by atoms with Crippen molar-refractivity contribution >= 4 is 11.3 Å². The first-order valence-electron chi connectivity index (χ1n) is 8.59. The van der Waals surface area contributed by atoms with E-state index in [1.807, 2.05) is 24.0 Å². The number of ether oxygens (including phenoxy) is 2. The van der Waals surface area contributed by atoms with Crippen LogP contribution >= 0.6 is 11.3 Å². The molecule has 2 aromatic heterocycles. The Kier molecular flexibility index (Phi) is 5.18. The fraction of sp³-hybridized carbons (Fsp3) is 0.556. The molecule has 1 saturated heterocycles. The van der Waals surface area contributed by atoms with Gasteiger partial charge in [0.05, 0.1) is 19.8 Å². The summed E-state index contributed by atoms with van der Waals surface area (Å²) in [6.45, 7) is 6.31. The first kappa shape index (κ1) is 16.1. The van der Waals surface area contributed by atoms with E-state index < -0.39 is 0 Å². The van der Waals surface area contributed by atoms with Gasteiger partial charge in [0.2, 0.25) is 0 Å². The maximum atomic E-state index is 5.84. The molecule has 0 amide bonds. The lowest BCUT2D eigenvalue weighted by Gasteiger charge is -2.31. The summed E-state index contributed by atoms with van der Waals surface area (Å²) in [5.41, 5.74) is 4.02. The molecule has 1 atom stereocenters. The molecule has 0 aromatic carbocycles. The summed E-state index contributed by atoms with van der Waals surface area (Å²) in [4.78, 5) is 11.2. The van der Waals surface area contributed by atoms with Crippen molar-refractivity contribution < 1.29 is 9.47 Å². The Bertz CT molecular complexity index is 656. The van der Waals surface area contributed by atoms with Gasteiger partial charge in [-0.2, -0.15) is 0 Å². The fourth-order valence-corrected chi connectivity index (χ4v) is 4.12. The number of hydrogen-bond donors (Lipinski definition) is 0. The molecule has 0 N–H and O–H groups in total. The summed E-state index contributed by atoms with van der Waals surface area (Å²) in [6.07, 6.45) is 8.09. The molecule has 1 fully saturated rings. The van der Waals surface area contributed by atoms with Crippen molar-refractivity contribution in [3.63, 3.8) is 0 Å². The van der Waals surface area contributed by atoms with Gasteiger partial charge in [-0.05, 0) is 35.4 Å². The number of hydrogen-bond acceptors (Lipinski definition) is 6. The second-order valence-corrected chi connectivity index (χ2v) is 7.55. The van der Waals surface area contributed by atoms with Crippen molar-refractivity contribution in [2.75, 3.05) is 26.3 Å². The van der Waals surface area contributed by atoms with Crippen LogP contribution in [-0.4, -0.2) is 41.2 Å². The molecule has 2 aliphatic rings. The SMILES string of the molecule is c1csc(COCc2cncc3c2CCN(C[C@@H]2CCOC2)C3)n1. The van der Waals surface area contributed by atoms with Crippen molar-refractivity contribution in [1.82, 2.24) is 14.9 Å². The van der Waals surface area contributed by atoms with Gasteiger partial charge in [-0.15, -0.1) is 11.3 Å². The lowest BCUT2D eigenvalue weighted by atomic mass is 9.96. The maximum Gasteiger partial charge on any atom is 0.118 e. The van der Waals surface area contributed by atoms with Gasteiger partial charge in [0.1, 0.15) is 5.01 Å². The van der Waals surface area contributed by atoms with E-state index in [-0.39, 0.29) is 0 Å². The summed E-state index contributed by atoms with van der Waals surface area (Å²) in [6, 6.07) is 0. The van der Waals surface area contributed by atoms with Gasteiger partial charge < -0.3 is 9.47 Å². The van der Waals surface area contributed by atoms with Gasteiger partial charge in [0.15, 0.2) is 0 Å². The number of nitrogens with zero attached hydrogens (tertiary/aromatic N) is 3.